The first-order valence-electron chi connectivity index (χ1n) is 6.77. The van der Waals surface area contributed by atoms with Crippen LogP contribution in [0.4, 0.5) is 5.69 Å². The van der Waals surface area contributed by atoms with Crippen LogP contribution in [0.3, 0.4) is 0 Å². The van der Waals surface area contributed by atoms with Crippen molar-refractivity contribution in [3.8, 4) is 5.75 Å². The topological polar surface area (TPSA) is 73.7 Å². The third-order valence-electron chi connectivity index (χ3n) is 3.09. The Kier molecular flexibility index (Phi) is 6.01. The molecule has 0 fully saturated rings. The zero-order chi connectivity index (χ0) is 16.8. The monoisotopic (exact) mass is 395 g/mol. The molecular formula is C16H15BrClN3O2. The minimum atomic E-state index is -0.310. The number of hydrogen-bond acceptors (Lipinski definition) is 4. The molecule has 2 rings (SSSR count). The number of rotatable bonds is 5. The Bertz CT molecular complexity index is 750. The summed E-state index contributed by atoms with van der Waals surface area (Å²) in [7, 11) is 0. The van der Waals surface area contributed by atoms with E-state index in [1.54, 1.807) is 18.2 Å². The van der Waals surface area contributed by atoms with E-state index in [9.17, 15) is 9.90 Å². The summed E-state index contributed by atoms with van der Waals surface area (Å²) in [6.07, 6.45) is 1.38. The zero-order valence-corrected chi connectivity index (χ0v) is 14.6. The number of phenols is 1. The molecule has 0 saturated carbocycles. The van der Waals surface area contributed by atoms with Gasteiger partial charge in [0.2, 0.25) is 0 Å². The second-order valence-corrected chi connectivity index (χ2v) is 6.09. The number of hydrazone groups is 1. The fourth-order valence-corrected chi connectivity index (χ4v) is 2.37. The molecule has 0 spiro atoms. The number of nitrogens with one attached hydrogen (secondary N) is 2. The zero-order valence-electron chi connectivity index (χ0n) is 12.3. The molecule has 0 atom stereocenters. The standard InChI is InChI=1S/C16H15BrClN3O2/c1-10-13(18)3-2-4-14(10)19-9-16(23)21-20-8-11-7-12(17)5-6-15(11)22/h2-8,19,22H,9H2,1H3,(H,21,23)/b20-8-. The molecule has 23 heavy (non-hydrogen) atoms. The molecule has 0 aliphatic heterocycles. The van der Waals surface area contributed by atoms with E-state index < -0.39 is 0 Å². The first kappa shape index (κ1) is 17.3. The molecule has 0 unspecified atom stereocenters. The van der Waals surface area contributed by atoms with Gasteiger partial charge in [0, 0.05) is 20.7 Å². The van der Waals surface area contributed by atoms with Crippen LogP contribution in [0.2, 0.25) is 5.02 Å². The van der Waals surface area contributed by atoms with Crippen molar-refractivity contribution in [3.05, 3.63) is 57.0 Å². The maximum Gasteiger partial charge on any atom is 0.259 e. The van der Waals surface area contributed by atoms with Gasteiger partial charge in [0.1, 0.15) is 5.75 Å². The number of carbonyl (C=O) groups excluding carboxylic acids is 1. The van der Waals surface area contributed by atoms with Crippen LogP contribution in [-0.4, -0.2) is 23.8 Å². The highest BCUT2D eigenvalue weighted by Crippen LogP contribution is 2.22. The number of carbonyl (C=O) groups is 1. The average Bonchev–Trinajstić information content (AvgIpc) is 2.52. The quantitative estimate of drug-likeness (QED) is 0.533. The van der Waals surface area contributed by atoms with E-state index in [0.717, 1.165) is 15.7 Å². The summed E-state index contributed by atoms with van der Waals surface area (Å²) in [4.78, 5) is 11.8. The number of benzene rings is 2. The van der Waals surface area contributed by atoms with Crippen molar-refractivity contribution in [2.75, 3.05) is 11.9 Å². The summed E-state index contributed by atoms with van der Waals surface area (Å²) < 4.78 is 0.807. The van der Waals surface area contributed by atoms with Gasteiger partial charge in [-0.05, 0) is 42.8 Å². The van der Waals surface area contributed by atoms with Crippen LogP contribution >= 0.6 is 27.5 Å². The molecule has 2 aromatic rings. The molecular weight excluding hydrogens is 382 g/mol. The number of hydrogen-bond donors (Lipinski definition) is 3. The molecule has 0 saturated heterocycles. The molecule has 120 valence electrons. The largest absolute Gasteiger partial charge is 0.507 e. The minimum Gasteiger partial charge on any atom is -0.507 e. The number of nitrogens with zero attached hydrogens (tertiary/aromatic N) is 1. The van der Waals surface area contributed by atoms with Gasteiger partial charge in [-0.15, -0.1) is 0 Å². The number of phenolic OH excluding ortho intramolecular Hbond substituents is 1. The van der Waals surface area contributed by atoms with Crippen molar-refractivity contribution < 1.29 is 9.90 Å². The van der Waals surface area contributed by atoms with Crippen LogP contribution < -0.4 is 10.7 Å². The predicted octanol–water partition coefficient (Wildman–Crippen LogP) is 3.68. The van der Waals surface area contributed by atoms with Crippen LogP contribution in [0.1, 0.15) is 11.1 Å². The normalized spacial score (nSPS) is 10.7. The lowest BCUT2D eigenvalue weighted by molar-refractivity contribution is -0.119. The summed E-state index contributed by atoms with van der Waals surface area (Å²) in [5, 5.41) is 17.1. The molecule has 2 aromatic carbocycles. The fraction of sp³-hybridized carbons (Fsp3) is 0.125. The molecule has 0 aliphatic rings. The van der Waals surface area contributed by atoms with Crippen LogP contribution in [-0.2, 0) is 4.79 Å². The van der Waals surface area contributed by atoms with Crippen molar-refractivity contribution in [1.82, 2.24) is 5.43 Å². The fourth-order valence-electron chi connectivity index (χ4n) is 1.82. The van der Waals surface area contributed by atoms with Crippen LogP contribution in [0, 0.1) is 6.92 Å². The van der Waals surface area contributed by atoms with Crippen LogP contribution in [0.5, 0.6) is 5.75 Å². The van der Waals surface area contributed by atoms with E-state index in [0.29, 0.717) is 10.6 Å². The Morgan fingerprint density at radius 3 is 2.96 bits per heavy atom. The van der Waals surface area contributed by atoms with Crippen molar-refractivity contribution in [3.63, 3.8) is 0 Å². The minimum absolute atomic E-state index is 0.0585. The third-order valence-corrected chi connectivity index (χ3v) is 3.99. The molecule has 7 heteroatoms. The van der Waals surface area contributed by atoms with Gasteiger partial charge >= 0.3 is 0 Å². The Morgan fingerprint density at radius 2 is 2.17 bits per heavy atom. The van der Waals surface area contributed by atoms with Crippen molar-refractivity contribution in [2.45, 2.75) is 6.92 Å². The first-order chi connectivity index (χ1) is 11.0. The summed E-state index contributed by atoms with van der Waals surface area (Å²) >= 11 is 9.32. The summed E-state index contributed by atoms with van der Waals surface area (Å²) in [5.74, 6) is -0.228. The number of anilines is 1. The molecule has 0 aromatic heterocycles. The average molecular weight is 397 g/mol. The van der Waals surface area contributed by atoms with Crippen molar-refractivity contribution in [1.29, 1.82) is 0 Å². The lowest BCUT2D eigenvalue weighted by atomic mass is 10.2. The van der Waals surface area contributed by atoms with E-state index in [1.165, 1.54) is 12.3 Å². The van der Waals surface area contributed by atoms with Crippen molar-refractivity contribution in [2.24, 2.45) is 5.10 Å². The van der Waals surface area contributed by atoms with Gasteiger partial charge in [0.05, 0.1) is 12.8 Å². The van der Waals surface area contributed by atoms with Gasteiger partial charge in [-0.3, -0.25) is 4.79 Å². The lowest BCUT2D eigenvalue weighted by Gasteiger charge is -2.09. The molecule has 0 aliphatic carbocycles. The first-order valence-corrected chi connectivity index (χ1v) is 7.94. The van der Waals surface area contributed by atoms with E-state index in [2.05, 4.69) is 31.8 Å². The highest BCUT2D eigenvalue weighted by atomic mass is 79.9. The number of aromatic hydroxyl groups is 1. The molecule has 5 nitrogen and oxygen atoms in total. The Balaban J connectivity index is 1.89. The molecule has 0 radical (unpaired) electrons. The maximum atomic E-state index is 11.8. The van der Waals surface area contributed by atoms with E-state index in [4.69, 9.17) is 11.6 Å². The Hall–Kier alpha value is -2.05. The van der Waals surface area contributed by atoms with Crippen LogP contribution in [0.25, 0.3) is 0 Å². The van der Waals surface area contributed by atoms with E-state index >= 15 is 0 Å². The molecule has 1 amide bonds. The van der Waals surface area contributed by atoms with Gasteiger partial charge < -0.3 is 10.4 Å². The smallest absolute Gasteiger partial charge is 0.259 e. The molecule has 0 heterocycles. The number of halogens is 2. The highest BCUT2D eigenvalue weighted by molar-refractivity contribution is 9.10. The molecule has 3 N–H and O–H groups in total. The van der Waals surface area contributed by atoms with Gasteiger partial charge in [0.15, 0.2) is 0 Å². The second-order valence-electron chi connectivity index (χ2n) is 4.76. The Morgan fingerprint density at radius 1 is 1.39 bits per heavy atom. The number of amides is 1. The van der Waals surface area contributed by atoms with E-state index in [1.807, 2.05) is 19.1 Å². The van der Waals surface area contributed by atoms with Gasteiger partial charge in [-0.2, -0.15) is 5.10 Å². The second kappa shape index (κ2) is 7.99. The van der Waals surface area contributed by atoms with Gasteiger partial charge in [-0.1, -0.05) is 33.6 Å². The SMILES string of the molecule is Cc1c(Cl)cccc1NCC(=O)N/N=C\c1cc(Br)ccc1O. The predicted molar refractivity (Wildman–Crippen MR) is 96.2 cm³/mol. The summed E-state index contributed by atoms with van der Waals surface area (Å²) in [6.45, 7) is 1.93. The Labute approximate surface area is 147 Å². The molecule has 0 bridgehead atoms. The highest BCUT2D eigenvalue weighted by Gasteiger charge is 2.04. The van der Waals surface area contributed by atoms with Gasteiger partial charge in [0.25, 0.3) is 5.91 Å². The van der Waals surface area contributed by atoms with Gasteiger partial charge in [-0.25, -0.2) is 5.43 Å². The lowest BCUT2D eigenvalue weighted by Crippen LogP contribution is -2.26. The summed E-state index contributed by atoms with van der Waals surface area (Å²) in [5.41, 5.74) is 4.56. The van der Waals surface area contributed by atoms with Crippen LogP contribution in [0.15, 0.2) is 46.0 Å². The maximum absolute atomic E-state index is 11.8. The summed E-state index contributed by atoms with van der Waals surface area (Å²) in [6, 6.07) is 10.4. The third kappa shape index (κ3) is 4.97. The van der Waals surface area contributed by atoms with Crippen molar-refractivity contribution >= 4 is 45.3 Å². The van der Waals surface area contributed by atoms with E-state index in [-0.39, 0.29) is 18.2 Å².